The first-order valence-electron chi connectivity index (χ1n) is 5.71. The van der Waals surface area contributed by atoms with Gasteiger partial charge in [-0.3, -0.25) is 4.98 Å². The van der Waals surface area contributed by atoms with Crippen molar-refractivity contribution in [3.8, 4) is 0 Å². The number of rotatable bonds is 3. The molecule has 0 radical (unpaired) electrons. The normalized spacial score (nSPS) is 11.6. The van der Waals surface area contributed by atoms with Crippen LogP contribution in [0.25, 0.3) is 16.5 Å². The summed E-state index contributed by atoms with van der Waals surface area (Å²) in [5.74, 6) is 0. The molecule has 2 aromatic rings. The number of nitrogens with one attached hydrogen (secondary N) is 2. The molecule has 0 aliphatic rings. The van der Waals surface area contributed by atoms with Crippen LogP contribution in [0.15, 0.2) is 36.7 Å². The van der Waals surface area contributed by atoms with Gasteiger partial charge >= 0.3 is 0 Å². The molecule has 4 heteroatoms. The average Bonchev–Trinajstić information content (AvgIpc) is 2.36. The Morgan fingerprint density at radius 2 is 2.17 bits per heavy atom. The standard InChI is InChI=1S/C14H16N4/c1-9(15)12(8-17-2)10-3-4-14-11(7-10)13(16)5-6-18-14/h3-8,15,17H,1-2H3,(H2,16,18)/b12-8+,15-9?. The zero-order valence-corrected chi connectivity index (χ0v) is 10.5. The lowest BCUT2D eigenvalue weighted by Crippen LogP contribution is -2.02. The van der Waals surface area contributed by atoms with E-state index in [4.69, 9.17) is 11.1 Å². The summed E-state index contributed by atoms with van der Waals surface area (Å²) in [6.45, 7) is 1.76. The number of hydrogen-bond donors (Lipinski definition) is 3. The first-order chi connectivity index (χ1) is 8.63. The number of nitrogens with two attached hydrogens (primary N) is 1. The van der Waals surface area contributed by atoms with Crippen molar-refractivity contribution in [1.82, 2.24) is 10.3 Å². The van der Waals surface area contributed by atoms with Crippen LogP contribution >= 0.6 is 0 Å². The molecule has 0 aliphatic heterocycles. The van der Waals surface area contributed by atoms with Crippen LogP contribution < -0.4 is 11.1 Å². The van der Waals surface area contributed by atoms with Crippen molar-refractivity contribution in [3.63, 3.8) is 0 Å². The quantitative estimate of drug-likeness (QED) is 0.721. The van der Waals surface area contributed by atoms with E-state index in [-0.39, 0.29) is 0 Å². The Kier molecular flexibility index (Phi) is 3.28. The van der Waals surface area contributed by atoms with Gasteiger partial charge in [0, 0.05) is 41.8 Å². The van der Waals surface area contributed by atoms with Crippen LogP contribution in [0.3, 0.4) is 0 Å². The van der Waals surface area contributed by atoms with Gasteiger partial charge in [0.1, 0.15) is 0 Å². The molecule has 1 aromatic carbocycles. The fourth-order valence-corrected chi connectivity index (χ4v) is 1.89. The third-order valence-corrected chi connectivity index (χ3v) is 2.78. The van der Waals surface area contributed by atoms with E-state index in [0.29, 0.717) is 11.4 Å². The highest BCUT2D eigenvalue weighted by Crippen LogP contribution is 2.24. The SMILES string of the molecule is CN/C=C(\C(C)=N)c1ccc2nccc(N)c2c1. The van der Waals surface area contributed by atoms with E-state index in [1.165, 1.54) is 0 Å². The Balaban J connectivity index is 2.62. The number of anilines is 1. The number of allylic oxidation sites excluding steroid dienone is 1. The van der Waals surface area contributed by atoms with E-state index >= 15 is 0 Å². The van der Waals surface area contributed by atoms with Gasteiger partial charge in [-0.1, -0.05) is 6.07 Å². The number of benzene rings is 1. The number of nitrogens with zero attached hydrogens (tertiary/aromatic N) is 1. The van der Waals surface area contributed by atoms with Crippen LogP contribution in [-0.4, -0.2) is 17.7 Å². The number of hydrogen-bond acceptors (Lipinski definition) is 4. The highest BCUT2D eigenvalue weighted by Gasteiger charge is 2.06. The highest BCUT2D eigenvalue weighted by molar-refractivity contribution is 6.21. The lowest BCUT2D eigenvalue weighted by Gasteiger charge is -2.08. The third kappa shape index (κ3) is 2.18. The molecule has 18 heavy (non-hydrogen) atoms. The average molecular weight is 240 g/mol. The first-order valence-corrected chi connectivity index (χ1v) is 5.71. The van der Waals surface area contributed by atoms with Gasteiger partial charge in [0.05, 0.1) is 5.52 Å². The van der Waals surface area contributed by atoms with Gasteiger partial charge in [-0.05, 0) is 30.7 Å². The Morgan fingerprint density at radius 3 is 2.83 bits per heavy atom. The summed E-state index contributed by atoms with van der Waals surface area (Å²) in [5.41, 5.74) is 9.83. The molecule has 0 fully saturated rings. The molecule has 0 spiro atoms. The second-order valence-electron chi connectivity index (χ2n) is 4.10. The van der Waals surface area contributed by atoms with Crippen molar-refractivity contribution in [2.75, 3.05) is 12.8 Å². The fraction of sp³-hybridized carbons (Fsp3) is 0.143. The molecule has 4 nitrogen and oxygen atoms in total. The number of aromatic nitrogens is 1. The van der Waals surface area contributed by atoms with Crippen LogP contribution in [0.2, 0.25) is 0 Å². The molecule has 1 aromatic heterocycles. The van der Waals surface area contributed by atoms with Crippen molar-refractivity contribution in [3.05, 3.63) is 42.2 Å². The van der Waals surface area contributed by atoms with Crippen molar-refractivity contribution in [2.24, 2.45) is 0 Å². The van der Waals surface area contributed by atoms with Gasteiger partial charge in [-0.2, -0.15) is 0 Å². The molecule has 1 heterocycles. The van der Waals surface area contributed by atoms with E-state index in [1.54, 1.807) is 19.2 Å². The van der Waals surface area contributed by atoms with E-state index in [9.17, 15) is 0 Å². The summed E-state index contributed by atoms with van der Waals surface area (Å²) < 4.78 is 0. The Hall–Kier alpha value is -2.36. The predicted molar refractivity (Wildman–Crippen MR) is 76.6 cm³/mol. The fourth-order valence-electron chi connectivity index (χ4n) is 1.89. The van der Waals surface area contributed by atoms with Crippen LogP contribution in [0.5, 0.6) is 0 Å². The van der Waals surface area contributed by atoms with Gasteiger partial charge < -0.3 is 16.5 Å². The molecule has 0 amide bonds. The summed E-state index contributed by atoms with van der Waals surface area (Å²) in [6.07, 6.45) is 3.51. The maximum Gasteiger partial charge on any atom is 0.0723 e. The maximum absolute atomic E-state index is 7.80. The van der Waals surface area contributed by atoms with Crippen molar-refractivity contribution >= 4 is 27.9 Å². The van der Waals surface area contributed by atoms with Crippen molar-refractivity contribution < 1.29 is 0 Å². The minimum Gasteiger partial charge on any atom is -0.398 e. The molecule has 0 atom stereocenters. The molecule has 4 N–H and O–H groups in total. The summed E-state index contributed by atoms with van der Waals surface area (Å²) in [4.78, 5) is 4.26. The molecule has 0 unspecified atom stereocenters. The zero-order valence-electron chi connectivity index (χ0n) is 10.5. The zero-order chi connectivity index (χ0) is 13.1. The van der Waals surface area contributed by atoms with Gasteiger partial charge in [0.25, 0.3) is 0 Å². The van der Waals surface area contributed by atoms with Crippen LogP contribution in [-0.2, 0) is 0 Å². The molecule has 2 rings (SSSR count). The van der Waals surface area contributed by atoms with Gasteiger partial charge in [0.15, 0.2) is 0 Å². The Bertz CT molecular complexity index is 629. The molecule has 0 saturated heterocycles. The second-order valence-corrected chi connectivity index (χ2v) is 4.10. The van der Waals surface area contributed by atoms with Crippen molar-refractivity contribution in [1.29, 1.82) is 5.41 Å². The molecule has 0 aliphatic carbocycles. The van der Waals surface area contributed by atoms with Crippen LogP contribution in [0.4, 0.5) is 5.69 Å². The summed E-state index contributed by atoms with van der Waals surface area (Å²) in [6, 6.07) is 7.63. The van der Waals surface area contributed by atoms with E-state index in [0.717, 1.165) is 22.0 Å². The Labute approximate surface area is 106 Å². The highest BCUT2D eigenvalue weighted by atomic mass is 14.8. The summed E-state index contributed by atoms with van der Waals surface area (Å²) in [5, 5.41) is 11.7. The smallest absolute Gasteiger partial charge is 0.0723 e. The molecule has 0 bridgehead atoms. The molecule has 92 valence electrons. The second kappa shape index (κ2) is 4.87. The van der Waals surface area contributed by atoms with Gasteiger partial charge in [-0.15, -0.1) is 0 Å². The third-order valence-electron chi connectivity index (χ3n) is 2.78. The largest absolute Gasteiger partial charge is 0.398 e. The number of fused-ring (bicyclic) bond motifs is 1. The molecule has 0 saturated carbocycles. The summed E-state index contributed by atoms with van der Waals surface area (Å²) in [7, 11) is 1.82. The molecular formula is C14H16N4. The maximum atomic E-state index is 7.80. The van der Waals surface area contributed by atoms with Crippen LogP contribution in [0.1, 0.15) is 12.5 Å². The Morgan fingerprint density at radius 1 is 1.39 bits per heavy atom. The minimum atomic E-state index is 0.506. The lowest BCUT2D eigenvalue weighted by atomic mass is 10.0. The molecular weight excluding hydrogens is 224 g/mol. The topological polar surface area (TPSA) is 74.8 Å². The monoisotopic (exact) mass is 240 g/mol. The first kappa shape index (κ1) is 12.1. The minimum absolute atomic E-state index is 0.506. The predicted octanol–water partition coefficient (Wildman–Crippen LogP) is 2.42. The van der Waals surface area contributed by atoms with Crippen LogP contribution in [0, 0.1) is 5.41 Å². The number of pyridine rings is 1. The van der Waals surface area contributed by atoms with E-state index in [1.807, 2.05) is 31.4 Å². The van der Waals surface area contributed by atoms with Gasteiger partial charge in [-0.25, -0.2) is 0 Å². The van der Waals surface area contributed by atoms with Crippen molar-refractivity contribution in [2.45, 2.75) is 6.92 Å². The van der Waals surface area contributed by atoms with E-state index in [2.05, 4.69) is 10.3 Å². The lowest BCUT2D eigenvalue weighted by molar-refractivity contribution is 1.11. The van der Waals surface area contributed by atoms with Gasteiger partial charge in [0.2, 0.25) is 0 Å². The number of nitrogen functional groups attached to an aromatic ring is 1. The summed E-state index contributed by atoms with van der Waals surface area (Å²) >= 11 is 0. The van der Waals surface area contributed by atoms with E-state index < -0.39 is 0 Å².